The molecule has 36 heavy (non-hydrogen) atoms. The predicted molar refractivity (Wildman–Crippen MR) is 139 cm³/mol. The third-order valence-electron chi connectivity index (χ3n) is 6.40. The molecule has 0 unspecified atom stereocenters. The average Bonchev–Trinajstić information content (AvgIpc) is 2.94. The highest BCUT2D eigenvalue weighted by molar-refractivity contribution is 5.72. The zero-order valence-electron chi connectivity index (χ0n) is 20.1. The highest BCUT2D eigenvalue weighted by Crippen LogP contribution is 2.38. The minimum atomic E-state index is 0.508. The molecule has 3 aromatic rings. The van der Waals surface area contributed by atoms with E-state index in [2.05, 4.69) is 43.6 Å². The number of morpholine rings is 2. The standard InChI is InChI=1S/C26H30N6O4/c1-2-22(25-23(3-1)35-14-15-36-25)29-24-4-5-27-26(30-24)28-19-16-20(31-6-10-33-11-7-31)18-21(17-19)32-8-12-34-13-9-32/h1-5,16-18H,6-15H2,(H2,27,28,29,30). The Kier molecular flexibility index (Phi) is 6.60. The van der Waals surface area contributed by atoms with E-state index in [0.717, 1.165) is 81.1 Å². The Balaban J connectivity index is 1.25. The van der Waals surface area contributed by atoms with Crippen molar-refractivity contribution < 1.29 is 18.9 Å². The SMILES string of the molecule is c1cc(Nc2ccnc(Nc3cc(N4CCOCC4)cc(N4CCOCC4)c3)n2)c2c(c1)OCCO2. The summed E-state index contributed by atoms with van der Waals surface area (Å²) in [5.41, 5.74) is 4.06. The summed E-state index contributed by atoms with van der Waals surface area (Å²) in [6.45, 7) is 7.49. The molecule has 0 spiro atoms. The monoisotopic (exact) mass is 490 g/mol. The second kappa shape index (κ2) is 10.5. The van der Waals surface area contributed by atoms with Crippen molar-refractivity contribution in [2.75, 3.05) is 86.3 Å². The number of ether oxygens (including phenoxy) is 4. The van der Waals surface area contributed by atoms with Crippen LogP contribution in [0.4, 0.5) is 34.5 Å². The molecule has 188 valence electrons. The zero-order valence-corrected chi connectivity index (χ0v) is 20.1. The molecule has 4 heterocycles. The van der Waals surface area contributed by atoms with E-state index in [1.54, 1.807) is 6.20 Å². The van der Waals surface area contributed by atoms with Crippen LogP contribution in [0.15, 0.2) is 48.7 Å². The van der Waals surface area contributed by atoms with Gasteiger partial charge in [0.25, 0.3) is 0 Å². The molecule has 0 radical (unpaired) electrons. The van der Waals surface area contributed by atoms with E-state index in [9.17, 15) is 0 Å². The van der Waals surface area contributed by atoms with E-state index < -0.39 is 0 Å². The van der Waals surface area contributed by atoms with Crippen molar-refractivity contribution >= 4 is 34.5 Å². The molecule has 3 aliphatic rings. The number of para-hydroxylation sites is 1. The fraction of sp³-hybridized carbons (Fsp3) is 0.385. The van der Waals surface area contributed by atoms with Crippen LogP contribution < -0.4 is 29.9 Å². The summed E-state index contributed by atoms with van der Waals surface area (Å²) in [6, 6.07) is 14.2. The van der Waals surface area contributed by atoms with E-state index in [-0.39, 0.29) is 0 Å². The van der Waals surface area contributed by atoms with Crippen LogP contribution in [0.5, 0.6) is 11.5 Å². The van der Waals surface area contributed by atoms with Crippen molar-refractivity contribution in [3.05, 3.63) is 48.7 Å². The van der Waals surface area contributed by atoms with Crippen molar-refractivity contribution in [3.8, 4) is 11.5 Å². The molecule has 2 N–H and O–H groups in total. The normalized spacial score (nSPS) is 17.6. The molecule has 0 aliphatic carbocycles. The summed E-state index contributed by atoms with van der Waals surface area (Å²) in [6.07, 6.45) is 1.74. The van der Waals surface area contributed by atoms with Crippen molar-refractivity contribution in [2.45, 2.75) is 0 Å². The van der Waals surface area contributed by atoms with Gasteiger partial charge in [-0.2, -0.15) is 4.98 Å². The maximum atomic E-state index is 5.82. The summed E-state index contributed by atoms with van der Waals surface area (Å²) >= 11 is 0. The molecule has 10 heteroatoms. The molecule has 2 saturated heterocycles. The first-order valence-corrected chi connectivity index (χ1v) is 12.4. The van der Waals surface area contributed by atoms with Crippen LogP contribution in [-0.4, -0.2) is 75.8 Å². The Morgan fingerprint density at radius 3 is 2.14 bits per heavy atom. The van der Waals surface area contributed by atoms with E-state index in [4.69, 9.17) is 23.9 Å². The van der Waals surface area contributed by atoms with Crippen LogP contribution in [0.25, 0.3) is 0 Å². The van der Waals surface area contributed by atoms with Gasteiger partial charge >= 0.3 is 0 Å². The van der Waals surface area contributed by atoms with E-state index in [1.807, 2.05) is 24.3 Å². The van der Waals surface area contributed by atoms with Gasteiger partial charge in [-0.15, -0.1) is 0 Å². The molecule has 2 aromatic carbocycles. The van der Waals surface area contributed by atoms with Crippen molar-refractivity contribution in [1.29, 1.82) is 0 Å². The predicted octanol–water partition coefficient (Wildman–Crippen LogP) is 3.41. The van der Waals surface area contributed by atoms with Gasteiger partial charge in [-0.05, 0) is 36.4 Å². The lowest BCUT2D eigenvalue weighted by Crippen LogP contribution is -2.38. The summed E-state index contributed by atoms with van der Waals surface area (Å²) in [5.74, 6) is 2.60. The number of aromatic nitrogens is 2. The number of nitrogens with one attached hydrogen (secondary N) is 2. The molecular formula is C26H30N6O4. The van der Waals surface area contributed by atoms with Gasteiger partial charge in [0.2, 0.25) is 5.95 Å². The molecule has 0 atom stereocenters. The molecule has 0 saturated carbocycles. The zero-order chi connectivity index (χ0) is 24.2. The first-order valence-electron chi connectivity index (χ1n) is 12.4. The van der Waals surface area contributed by atoms with Gasteiger partial charge in [0.05, 0.1) is 32.1 Å². The molecule has 1 aromatic heterocycles. The third kappa shape index (κ3) is 5.09. The Bertz CT molecular complexity index is 1160. The number of benzene rings is 2. The smallest absolute Gasteiger partial charge is 0.229 e. The van der Waals surface area contributed by atoms with Gasteiger partial charge in [0, 0.05) is 49.4 Å². The van der Waals surface area contributed by atoms with Crippen LogP contribution >= 0.6 is 0 Å². The second-order valence-corrected chi connectivity index (χ2v) is 8.78. The van der Waals surface area contributed by atoms with Crippen molar-refractivity contribution in [1.82, 2.24) is 9.97 Å². The van der Waals surface area contributed by atoms with Gasteiger partial charge in [-0.25, -0.2) is 4.98 Å². The molecule has 0 amide bonds. The summed E-state index contributed by atoms with van der Waals surface area (Å²) < 4.78 is 22.6. The average molecular weight is 491 g/mol. The number of hydrogen-bond donors (Lipinski definition) is 2. The largest absolute Gasteiger partial charge is 0.486 e. The van der Waals surface area contributed by atoms with Crippen LogP contribution in [0.3, 0.4) is 0 Å². The summed E-state index contributed by atoms with van der Waals surface area (Å²) in [4.78, 5) is 13.9. The maximum absolute atomic E-state index is 5.82. The quantitative estimate of drug-likeness (QED) is 0.535. The van der Waals surface area contributed by atoms with Crippen LogP contribution in [0, 0.1) is 0 Å². The highest BCUT2D eigenvalue weighted by Gasteiger charge is 2.18. The van der Waals surface area contributed by atoms with Gasteiger partial charge in [0.1, 0.15) is 19.0 Å². The fourth-order valence-electron chi connectivity index (χ4n) is 4.60. The fourth-order valence-corrected chi connectivity index (χ4v) is 4.60. The van der Waals surface area contributed by atoms with Crippen LogP contribution in [0.2, 0.25) is 0 Å². The number of hydrogen-bond acceptors (Lipinski definition) is 10. The van der Waals surface area contributed by atoms with Crippen LogP contribution in [-0.2, 0) is 9.47 Å². The number of rotatable bonds is 6. The van der Waals surface area contributed by atoms with E-state index in [1.165, 1.54) is 0 Å². The molecule has 6 rings (SSSR count). The summed E-state index contributed by atoms with van der Waals surface area (Å²) in [7, 11) is 0. The van der Waals surface area contributed by atoms with E-state index >= 15 is 0 Å². The van der Waals surface area contributed by atoms with Crippen molar-refractivity contribution in [2.24, 2.45) is 0 Å². The number of fused-ring (bicyclic) bond motifs is 1. The lowest BCUT2D eigenvalue weighted by molar-refractivity contribution is 0.122. The molecule has 0 bridgehead atoms. The molecule has 3 aliphatic heterocycles. The maximum Gasteiger partial charge on any atom is 0.229 e. The Labute approximate surface area is 210 Å². The van der Waals surface area contributed by atoms with E-state index in [0.29, 0.717) is 30.7 Å². The molecule has 10 nitrogen and oxygen atoms in total. The van der Waals surface area contributed by atoms with Gasteiger partial charge in [-0.1, -0.05) is 6.07 Å². The number of anilines is 6. The Morgan fingerprint density at radius 2 is 1.42 bits per heavy atom. The first-order chi connectivity index (χ1) is 17.8. The van der Waals surface area contributed by atoms with Gasteiger partial charge in [-0.3, -0.25) is 0 Å². The lowest BCUT2D eigenvalue weighted by atomic mass is 10.2. The van der Waals surface area contributed by atoms with Gasteiger partial charge in [0.15, 0.2) is 11.5 Å². The lowest BCUT2D eigenvalue weighted by Gasteiger charge is -2.33. The number of nitrogens with zero attached hydrogens (tertiary/aromatic N) is 4. The Morgan fingerprint density at radius 1 is 0.722 bits per heavy atom. The summed E-state index contributed by atoms with van der Waals surface area (Å²) in [5, 5.41) is 6.76. The molecule has 2 fully saturated rings. The Hall–Kier alpha value is -3.76. The first kappa shape index (κ1) is 22.7. The second-order valence-electron chi connectivity index (χ2n) is 8.78. The minimum absolute atomic E-state index is 0.508. The third-order valence-corrected chi connectivity index (χ3v) is 6.40. The van der Waals surface area contributed by atoms with Crippen LogP contribution in [0.1, 0.15) is 0 Å². The molecular weight excluding hydrogens is 460 g/mol. The van der Waals surface area contributed by atoms with Crippen molar-refractivity contribution in [3.63, 3.8) is 0 Å². The van der Waals surface area contributed by atoms with Gasteiger partial charge < -0.3 is 39.4 Å². The topological polar surface area (TPSA) is 93.2 Å². The highest BCUT2D eigenvalue weighted by atomic mass is 16.6. The minimum Gasteiger partial charge on any atom is -0.486 e.